The van der Waals surface area contributed by atoms with E-state index in [4.69, 9.17) is 21.1 Å². The molecule has 6 N–H and O–H groups in total. The first-order chi connectivity index (χ1) is 10.7. The van der Waals surface area contributed by atoms with E-state index in [0.717, 1.165) is 0 Å². The van der Waals surface area contributed by atoms with E-state index in [1.54, 1.807) is 0 Å². The fraction of sp³-hybridized carbons (Fsp3) is 0.667. The van der Waals surface area contributed by atoms with Gasteiger partial charge in [0.1, 0.15) is 0 Å². The van der Waals surface area contributed by atoms with Crippen LogP contribution in [0.3, 0.4) is 0 Å². The van der Waals surface area contributed by atoms with E-state index in [1.807, 2.05) is 0 Å². The van der Waals surface area contributed by atoms with Crippen LogP contribution in [0.5, 0.6) is 0 Å². The number of carboxylic acid groups (broad SMARTS) is 2. The topological polar surface area (TPSA) is 174 Å². The van der Waals surface area contributed by atoms with Crippen molar-refractivity contribution in [1.29, 1.82) is 0 Å². The van der Waals surface area contributed by atoms with Gasteiger partial charge in [-0.25, -0.2) is 0 Å². The second kappa shape index (κ2) is 11.3. The number of hydrogen-bond acceptors (Lipinski definition) is 7. The van der Waals surface area contributed by atoms with Crippen molar-refractivity contribution in [2.75, 3.05) is 52.4 Å². The molecule has 0 bridgehead atoms. The highest BCUT2D eigenvalue weighted by Gasteiger charge is 2.17. The molecule has 0 fully saturated rings. The molecule has 0 rings (SSSR count). The third kappa shape index (κ3) is 12.0. The number of nitrogens with zero attached hydrogens (tertiary/aromatic N) is 2. The van der Waals surface area contributed by atoms with Gasteiger partial charge in [-0.1, -0.05) is 0 Å². The molecule has 0 atom stereocenters. The Morgan fingerprint density at radius 2 is 1.35 bits per heavy atom. The predicted molar refractivity (Wildman–Crippen MR) is 77.4 cm³/mol. The summed E-state index contributed by atoms with van der Waals surface area (Å²) in [6.07, 6.45) is 0. The zero-order chi connectivity index (χ0) is 17.8. The Labute approximate surface area is 132 Å². The van der Waals surface area contributed by atoms with Crippen molar-refractivity contribution >= 4 is 23.8 Å². The van der Waals surface area contributed by atoms with Crippen LogP contribution >= 0.6 is 0 Å². The van der Waals surface area contributed by atoms with Gasteiger partial charge in [0.05, 0.1) is 32.8 Å². The molecule has 132 valence electrons. The number of amides is 2. The summed E-state index contributed by atoms with van der Waals surface area (Å²) < 4.78 is 0. The van der Waals surface area contributed by atoms with E-state index in [9.17, 15) is 19.2 Å². The van der Waals surface area contributed by atoms with Crippen LogP contribution in [0.4, 0.5) is 0 Å². The molecule has 11 nitrogen and oxygen atoms in total. The molecule has 11 heteroatoms. The number of carboxylic acids is 2. The third-order valence-electron chi connectivity index (χ3n) is 2.63. The molecule has 23 heavy (non-hydrogen) atoms. The average Bonchev–Trinajstić information content (AvgIpc) is 2.40. The van der Waals surface area contributed by atoms with Crippen LogP contribution in [-0.4, -0.2) is 101 Å². The van der Waals surface area contributed by atoms with Crippen molar-refractivity contribution in [3.63, 3.8) is 0 Å². The molecular formula is C12H22N4O7. The Balaban J connectivity index is 4.59. The zero-order valence-electron chi connectivity index (χ0n) is 12.6. The number of nitrogens with two attached hydrogens (primary N) is 1. The number of primary amides is 1. The fourth-order valence-corrected chi connectivity index (χ4v) is 1.77. The van der Waals surface area contributed by atoms with Crippen molar-refractivity contribution in [2.24, 2.45) is 5.73 Å². The minimum Gasteiger partial charge on any atom is -0.480 e. The monoisotopic (exact) mass is 334 g/mol. The maximum Gasteiger partial charge on any atom is 0.317 e. The second-order valence-electron chi connectivity index (χ2n) is 4.75. The summed E-state index contributed by atoms with van der Waals surface area (Å²) in [7, 11) is 0. The van der Waals surface area contributed by atoms with Crippen molar-refractivity contribution in [1.82, 2.24) is 15.1 Å². The van der Waals surface area contributed by atoms with Crippen molar-refractivity contribution in [2.45, 2.75) is 0 Å². The molecular weight excluding hydrogens is 312 g/mol. The Kier molecular flexibility index (Phi) is 10.2. The summed E-state index contributed by atoms with van der Waals surface area (Å²) in [5.74, 6) is -3.49. The van der Waals surface area contributed by atoms with Gasteiger partial charge in [-0.05, 0) is 0 Å². The maximum atomic E-state index is 11.6. The van der Waals surface area contributed by atoms with Gasteiger partial charge in [-0.2, -0.15) is 0 Å². The van der Waals surface area contributed by atoms with Crippen LogP contribution in [-0.2, 0) is 19.2 Å². The summed E-state index contributed by atoms with van der Waals surface area (Å²) >= 11 is 0. The average molecular weight is 334 g/mol. The molecule has 0 aromatic carbocycles. The summed E-state index contributed by atoms with van der Waals surface area (Å²) in [6.45, 7) is -1.46. The van der Waals surface area contributed by atoms with E-state index < -0.39 is 36.8 Å². The Morgan fingerprint density at radius 3 is 1.74 bits per heavy atom. The summed E-state index contributed by atoms with van der Waals surface area (Å²) in [5.41, 5.74) is 5.02. The van der Waals surface area contributed by atoms with Crippen LogP contribution in [0, 0.1) is 0 Å². The minimum atomic E-state index is -1.16. The molecule has 0 saturated carbocycles. The lowest BCUT2D eigenvalue weighted by atomic mass is 10.3. The van der Waals surface area contributed by atoms with Crippen LogP contribution in [0.2, 0.25) is 0 Å². The quantitative estimate of drug-likeness (QED) is 0.227. The molecule has 0 aliphatic carbocycles. The van der Waals surface area contributed by atoms with Gasteiger partial charge in [0.25, 0.3) is 0 Å². The number of aliphatic carboxylic acids is 2. The van der Waals surface area contributed by atoms with E-state index >= 15 is 0 Å². The van der Waals surface area contributed by atoms with Crippen molar-refractivity contribution < 1.29 is 34.5 Å². The summed E-state index contributed by atoms with van der Waals surface area (Å²) in [6, 6.07) is 0. The highest BCUT2D eigenvalue weighted by Crippen LogP contribution is 1.94. The Morgan fingerprint density at radius 1 is 0.870 bits per heavy atom. The fourth-order valence-electron chi connectivity index (χ4n) is 1.77. The molecule has 0 aliphatic rings. The van der Waals surface area contributed by atoms with E-state index in [0.29, 0.717) is 0 Å². The molecule has 0 saturated heterocycles. The smallest absolute Gasteiger partial charge is 0.317 e. The molecule has 0 spiro atoms. The predicted octanol–water partition coefficient (Wildman–Crippen LogP) is -3.65. The van der Waals surface area contributed by atoms with Gasteiger partial charge in [0, 0.05) is 19.6 Å². The highest BCUT2D eigenvalue weighted by molar-refractivity contribution is 5.79. The van der Waals surface area contributed by atoms with Crippen molar-refractivity contribution in [3.05, 3.63) is 0 Å². The number of carbonyl (C=O) groups is 4. The zero-order valence-corrected chi connectivity index (χ0v) is 12.6. The summed E-state index contributed by atoms with van der Waals surface area (Å²) in [5, 5.41) is 28.6. The minimum absolute atomic E-state index is 0.0482. The molecule has 0 unspecified atom stereocenters. The number of aliphatic hydroxyl groups is 1. The van der Waals surface area contributed by atoms with Crippen molar-refractivity contribution in [3.8, 4) is 0 Å². The SMILES string of the molecule is NC(=O)CN(CCN(CC(=O)O)CC(=O)NCCO)CC(=O)O. The van der Waals surface area contributed by atoms with Gasteiger partial charge in [-0.3, -0.25) is 29.0 Å². The largest absolute Gasteiger partial charge is 0.480 e. The number of carbonyl (C=O) groups excluding carboxylic acids is 2. The number of rotatable bonds is 13. The lowest BCUT2D eigenvalue weighted by molar-refractivity contribution is -0.141. The van der Waals surface area contributed by atoms with E-state index in [1.165, 1.54) is 9.80 Å². The highest BCUT2D eigenvalue weighted by atomic mass is 16.4. The molecule has 0 aromatic heterocycles. The lowest BCUT2D eigenvalue weighted by Crippen LogP contribution is -2.46. The van der Waals surface area contributed by atoms with Crippen LogP contribution in [0.25, 0.3) is 0 Å². The number of hydrogen-bond donors (Lipinski definition) is 5. The van der Waals surface area contributed by atoms with E-state index in [-0.39, 0.29) is 39.3 Å². The van der Waals surface area contributed by atoms with Crippen LogP contribution < -0.4 is 11.1 Å². The van der Waals surface area contributed by atoms with Gasteiger partial charge in [0.15, 0.2) is 0 Å². The molecule has 0 radical (unpaired) electrons. The lowest BCUT2D eigenvalue weighted by Gasteiger charge is -2.24. The normalized spacial score (nSPS) is 10.7. The molecule has 0 aliphatic heterocycles. The first-order valence-corrected chi connectivity index (χ1v) is 6.78. The first kappa shape index (κ1) is 20.8. The van der Waals surface area contributed by atoms with Gasteiger partial charge < -0.3 is 26.4 Å². The maximum absolute atomic E-state index is 11.6. The van der Waals surface area contributed by atoms with Gasteiger partial charge in [-0.15, -0.1) is 0 Å². The molecule has 0 heterocycles. The molecule has 2 amide bonds. The summed E-state index contributed by atoms with van der Waals surface area (Å²) in [4.78, 5) is 46.5. The third-order valence-corrected chi connectivity index (χ3v) is 2.63. The van der Waals surface area contributed by atoms with Gasteiger partial charge >= 0.3 is 11.9 Å². The van der Waals surface area contributed by atoms with Crippen LogP contribution in [0.1, 0.15) is 0 Å². The number of nitrogens with one attached hydrogen (secondary N) is 1. The number of aliphatic hydroxyl groups excluding tert-OH is 1. The Hall–Kier alpha value is -2.24. The molecule has 0 aromatic rings. The van der Waals surface area contributed by atoms with Crippen LogP contribution in [0.15, 0.2) is 0 Å². The Bertz CT molecular complexity index is 414. The second-order valence-corrected chi connectivity index (χ2v) is 4.75. The van der Waals surface area contributed by atoms with Gasteiger partial charge in [0.2, 0.25) is 11.8 Å². The first-order valence-electron chi connectivity index (χ1n) is 6.78. The standard InChI is InChI=1S/C12H22N4O7/c13-9(18)5-15(7-11(20)21)2-3-16(8-12(22)23)6-10(19)14-1-4-17/h17H,1-8H2,(H2,13,18)(H,14,19)(H,20,21)(H,22,23). The van der Waals surface area contributed by atoms with E-state index in [2.05, 4.69) is 5.32 Å².